The van der Waals surface area contributed by atoms with Crippen LogP contribution in [0.4, 0.5) is 5.82 Å². The third kappa shape index (κ3) is 2.76. The quantitative estimate of drug-likeness (QED) is 0.862. The van der Waals surface area contributed by atoms with Gasteiger partial charge in [0, 0.05) is 17.5 Å². The molecule has 0 aliphatic heterocycles. The molecule has 0 saturated carbocycles. The van der Waals surface area contributed by atoms with E-state index in [-0.39, 0.29) is 0 Å². The molecule has 2 aromatic rings. The van der Waals surface area contributed by atoms with Crippen molar-refractivity contribution >= 4 is 29.2 Å². The fraction of sp³-hybridized carbons (Fsp3) is 0.231. The second-order valence-electron chi connectivity index (χ2n) is 3.64. The van der Waals surface area contributed by atoms with E-state index in [9.17, 15) is 0 Å². The van der Waals surface area contributed by atoms with E-state index in [1.165, 1.54) is 0 Å². The third-order valence-electron chi connectivity index (χ3n) is 2.54. The van der Waals surface area contributed by atoms with Gasteiger partial charge in [-0.3, -0.25) is 0 Å². The highest BCUT2D eigenvalue weighted by atomic mass is 35.5. The van der Waals surface area contributed by atoms with Crippen molar-refractivity contribution in [3.05, 3.63) is 41.2 Å². The normalized spacial score (nSPS) is 10.4. The van der Waals surface area contributed by atoms with Crippen LogP contribution in [0.15, 0.2) is 40.5 Å². The molecule has 0 aliphatic rings. The number of halogens is 1. The lowest BCUT2D eigenvalue weighted by Crippen LogP contribution is -2.01. The van der Waals surface area contributed by atoms with Crippen LogP contribution in [0.1, 0.15) is 12.5 Å². The molecule has 3 nitrogen and oxygen atoms in total. The molecule has 0 unspecified atom stereocenters. The highest BCUT2D eigenvalue weighted by Crippen LogP contribution is 2.35. The first-order valence-corrected chi connectivity index (χ1v) is 6.89. The maximum atomic E-state index is 6.16. The van der Waals surface area contributed by atoms with Gasteiger partial charge in [-0.2, -0.15) is 0 Å². The summed E-state index contributed by atoms with van der Waals surface area (Å²) in [5.74, 6) is 0.877. The van der Waals surface area contributed by atoms with E-state index in [4.69, 9.17) is 11.6 Å². The van der Waals surface area contributed by atoms with Gasteiger partial charge in [-0.05, 0) is 18.6 Å². The van der Waals surface area contributed by atoms with Gasteiger partial charge in [0.05, 0.1) is 5.02 Å². The molecule has 1 N–H and O–H groups in total. The van der Waals surface area contributed by atoms with Gasteiger partial charge < -0.3 is 5.32 Å². The molecule has 1 heterocycles. The minimum atomic E-state index is 0.745. The van der Waals surface area contributed by atoms with E-state index >= 15 is 0 Å². The molecule has 94 valence electrons. The summed E-state index contributed by atoms with van der Waals surface area (Å²) >= 11 is 7.74. The molecule has 0 radical (unpaired) electrons. The Morgan fingerprint density at radius 2 is 2.06 bits per heavy atom. The summed E-state index contributed by atoms with van der Waals surface area (Å²) in [6.07, 6.45) is 2.45. The molecular formula is C13H14ClN3S. The summed E-state index contributed by atoms with van der Waals surface area (Å²) in [6.45, 7) is 2.09. The van der Waals surface area contributed by atoms with Crippen LogP contribution >= 0.6 is 23.4 Å². The number of benzene rings is 1. The Labute approximate surface area is 116 Å². The van der Waals surface area contributed by atoms with Crippen LogP contribution in [0, 0.1) is 0 Å². The Bertz CT molecular complexity index is 546. The third-order valence-corrected chi connectivity index (χ3v) is 4.10. The Hall–Kier alpha value is -1.26. The molecule has 18 heavy (non-hydrogen) atoms. The van der Waals surface area contributed by atoms with Crippen molar-refractivity contribution in [1.82, 2.24) is 9.97 Å². The molecule has 1 aromatic heterocycles. The molecule has 5 heteroatoms. The molecule has 1 aromatic carbocycles. The predicted octanol–water partition coefficient (Wildman–Crippen LogP) is 3.89. The second kappa shape index (κ2) is 6.07. The Morgan fingerprint density at radius 1 is 1.28 bits per heavy atom. The van der Waals surface area contributed by atoms with Gasteiger partial charge in [-0.1, -0.05) is 42.4 Å². The minimum Gasteiger partial charge on any atom is -0.373 e. The molecule has 0 fully saturated rings. The van der Waals surface area contributed by atoms with Crippen LogP contribution < -0.4 is 5.32 Å². The van der Waals surface area contributed by atoms with Crippen LogP contribution in [0.25, 0.3) is 0 Å². The SMILES string of the molecule is CCc1c(NC)ncnc1Sc1ccccc1Cl. The second-order valence-corrected chi connectivity index (χ2v) is 5.08. The van der Waals surface area contributed by atoms with E-state index in [2.05, 4.69) is 22.2 Å². The first-order valence-electron chi connectivity index (χ1n) is 5.70. The largest absolute Gasteiger partial charge is 0.373 e. The van der Waals surface area contributed by atoms with E-state index in [0.29, 0.717) is 0 Å². The summed E-state index contributed by atoms with van der Waals surface area (Å²) in [5.41, 5.74) is 1.12. The van der Waals surface area contributed by atoms with Gasteiger partial charge in [-0.25, -0.2) is 9.97 Å². The zero-order valence-corrected chi connectivity index (χ0v) is 11.8. The zero-order valence-electron chi connectivity index (χ0n) is 10.3. The first-order chi connectivity index (χ1) is 8.76. The zero-order chi connectivity index (χ0) is 13.0. The van der Waals surface area contributed by atoms with Gasteiger partial charge >= 0.3 is 0 Å². The van der Waals surface area contributed by atoms with Crippen LogP contribution in [0.2, 0.25) is 5.02 Å². The Kier molecular flexibility index (Phi) is 4.44. The Balaban J connectivity index is 2.37. The minimum absolute atomic E-state index is 0.745. The molecule has 0 amide bonds. The molecule has 2 rings (SSSR count). The van der Waals surface area contributed by atoms with Gasteiger partial charge in [0.25, 0.3) is 0 Å². The first kappa shape index (κ1) is 13.2. The number of aromatic nitrogens is 2. The van der Waals surface area contributed by atoms with E-state index in [1.54, 1.807) is 18.1 Å². The van der Waals surface area contributed by atoms with E-state index in [0.717, 1.165) is 32.7 Å². The topological polar surface area (TPSA) is 37.8 Å². The maximum Gasteiger partial charge on any atom is 0.133 e. The van der Waals surface area contributed by atoms with Crippen LogP contribution in [0.3, 0.4) is 0 Å². The van der Waals surface area contributed by atoms with Crippen molar-refractivity contribution in [1.29, 1.82) is 0 Å². The lowest BCUT2D eigenvalue weighted by molar-refractivity contribution is 0.946. The van der Waals surface area contributed by atoms with Crippen molar-refractivity contribution < 1.29 is 0 Å². The van der Waals surface area contributed by atoms with Crippen molar-refractivity contribution in [3.8, 4) is 0 Å². The lowest BCUT2D eigenvalue weighted by atomic mass is 10.2. The summed E-state index contributed by atoms with van der Waals surface area (Å²) in [4.78, 5) is 9.58. The van der Waals surface area contributed by atoms with Crippen LogP contribution in [0.5, 0.6) is 0 Å². The summed E-state index contributed by atoms with van der Waals surface area (Å²) < 4.78 is 0. The predicted molar refractivity (Wildman–Crippen MR) is 76.5 cm³/mol. The van der Waals surface area contributed by atoms with Crippen LogP contribution in [-0.2, 0) is 6.42 Å². The highest BCUT2D eigenvalue weighted by Gasteiger charge is 2.11. The maximum absolute atomic E-state index is 6.16. The standard InChI is InChI=1S/C13H14ClN3S/c1-3-9-12(15-2)16-8-17-13(9)18-11-7-5-4-6-10(11)14/h4-8H,3H2,1-2H3,(H,15,16,17). The van der Waals surface area contributed by atoms with Gasteiger partial charge in [0.15, 0.2) is 0 Å². The fourth-order valence-corrected chi connectivity index (χ4v) is 2.89. The summed E-state index contributed by atoms with van der Waals surface area (Å²) in [5, 5.41) is 4.78. The molecule has 0 bridgehead atoms. The molecular weight excluding hydrogens is 266 g/mol. The average molecular weight is 280 g/mol. The molecule has 0 atom stereocenters. The number of nitrogens with one attached hydrogen (secondary N) is 1. The van der Waals surface area contributed by atoms with Crippen molar-refractivity contribution in [3.63, 3.8) is 0 Å². The Morgan fingerprint density at radius 3 is 2.72 bits per heavy atom. The molecule has 0 saturated heterocycles. The van der Waals surface area contributed by atoms with Crippen molar-refractivity contribution in [2.45, 2.75) is 23.3 Å². The lowest BCUT2D eigenvalue weighted by Gasteiger charge is -2.11. The smallest absolute Gasteiger partial charge is 0.133 e. The number of nitrogens with zero attached hydrogens (tertiary/aromatic N) is 2. The molecule has 0 spiro atoms. The van der Waals surface area contributed by atoms with E-state index in [1.807, 2.05) is 31.3 Å². The number of anilines is 1. The van der Waals surface area contributed by atoms with Crippen molar-refractivity contribution in [2.24, 2.45) is 0 Å². The number of rotatable bonds is 4. The van der Waals surface area contributed by atoms with Gasteiger partial charge in [-0.15, -0.1) is 0 Å². The number of hydrogen-bond acceptors (Lipinski definition) is 4. The average Bonchev–Trinajstić information content (AvgIpc) is 2.41. The van der Waals surface area contributed by atoms with Crippen molar-refractivity contribution in [2.75, 3.05) is 12.4 Å². The fourth-order valence-electron chi connectivity index (χ4n) is 1.65. The summed E-state index contributed by atoms with van der Waals surface area (Å²) in [7, 11) is 1.87. The van der Waals surface area contributed by atoms with Crippen LogP contribution in [-0.4, -0.2) is 17.0 Å². The van der Waals surface area contributed by atoms with Gasteiger partial charge in [0.2, 0.25) is 0 Å². The number of hydrogen-bond donors (Lipinski definition) is 1. The monoisotopic (exact) mass is 279 g/mol. The van der Waals surface area contributed by atoms with Gasteiger partial charge in [0.1, 0.15) is 17.2 Å². The highest BCUT2D eigenvalue weighted by molar-refractivity contribution is 7.99. The van der Waals surface area contributed by atoms with E-state index < -0.39 is 0 Å². The molecule has 0 aliphatic carbocycles. The summed E-state index contributed by atoms with van der Waals surface area (Å²) in [6, 6.07) is 7.77.